The molecule has 3 amide bonds. The van der Waals surface area contributed by atoms with E-state index in [0.717, 1.165) is 30.6 Å². The zero-order valence-electron chi connectivity index (χ0n) is 26.5. The highest BCUT2D eigenvalue weighted by Gasteiger charge is 2.49. The van der Waals surface area contributed by atoms with Gasteiger partial charge in [-0.3, -0.25) is 19.3 Å². The van der Waals surface area contributed by atoms with Crippen LogP contribution in [0, 0.1) is 17.8 Å². The summed E-state index contributed by atoms with van der Waals surface area (Å²) in [5.41, 5.74) is 0.903. The molecule has 0 radical (unpaired) electrons. The molecule has 6 atom stereocenters. The Bertz CT molecular complexity index is 1230. The molecule has 9 nitrogen and oxygen atoms in total. The van der Waals surface area contributed by atoms with Crippen LogP contribution in [0.5, 0.6) is 5.75 Å². The Morgan fingerprint density at radius 3 is 2.49 bits per heavy atom. The first kappa shape index (κ1) is 32.2. The van der Waals surface area contributed by atoms with Crippen molar-refractivity contribution in [3.8, 4) is 5.75 Å². The summed E-state index contributed by atoms with van der Waals surface area (Å²) in [6, 6.07) is 5.66. The smallest absolute Gasteiger partial charge is 0.248 e. The predicted octanol–water partition coefficient (Wildman–Crippen LogP) is 4.06. The highest BCUT2D eigenvalue weighted by atomic mass is 19.3. The summed E-state index contributed by atoms with van der Waals surface area (Å²) in [5.74, 6) is -3.10. The van der Waals surface area contributed by atoms with Gasteiger partial charge >= 0.3 is 0 Å². The first-order valence-electron chi connectivity index (χ1n) is 17.0. The molecule has 4 fully saturated rings. The summed E-state index contributed by atoms with van der Waals surface area (Å²) in [7, 11) is 0. The molecule has 45 heavy (non-hydrogen) atoms. The van der Waals surface area contributed by atoms with E-state index in [1.807, 2.05) is 38.1 Å². The highest BCUT2D eigenvalue weighted by Crippen LogP contribution is 2.41. The first-order valence-corrected chi connectivity index (χ1v) is 17.0. The van der Waals surface area contributed by atoms with Crippen molar-refractivity contribution >= 4 is 17.7 Å². The molecule has 1 aromatic rings. The lowest BCUT2D eigenvalue weighted by molar-refractivity contribution is -0.150. The molecule has 2 N–H and O–H groups in total. The van der Waals surface area contributed by atoms with Crippen molar-refractivity contribution in [2.45, 2.75) is 108 Å². The third kappa shape index (κ3) is 7.14. The largest absolute Gasteiger partial charge is 0.493 e. The third-order valence-electron chi connectivity index (χ3n) is 10.7. The summed E-state index contributed by atoms with van der Waals surface area (Å²) in [6.45, 7) is 6.34. The minimum absolute atomic E-state index is 0.0141. The van der Waals surface area contributed by atoms with E-state index in [-0.39, 0.29) is 67.5 Å². The third-order valence-corrected chi connectivity index (χ3v) is 10.7. The lowest BCUT2D eigenvalue weighted by Crippen LogP contribution is -2.66. The van der Waals surface area contributed by atoms with E-state index in [4.69, 9.17) is 9.47 Å². The number of hydrogen-bond donors (Lipinski definition) is 2. The van der Waals surface area contributed by atoms with Gasteiger partial charge in [0.1, 0.15) is 17.8 Å². The van der Waals surface area contributed by atoms with E-state index in [1.165, 1.54) is 0 Å². The molecule has 0 bridgehead atoms. The Kier molecular flexibility index (Phi) is 9.66. The zero-order valence-corrected chi connectivity index (χ0v) is 26.5. The van der Waals surface area contributed by atoms with E-state index < -0.39 is 23.9 Å². The zero-order chi connectivity index (χ0) is 31.7. The van der Waals surface area contributed by atoms with Gasteiger partial charge in [0, 0.05) is 63.0 Å². The van der Waals surface area contributed by atoms with Crippen LogP contribution in [0.15, 0.2) is 24.3 Å². The van der Waals surface area contributed by atoms with Crippen molar-refractivity contribution in [2.24, 2.45) is 17.8 Å². The average Bonchev–Trinajstić information content (AvgIpc) is 3.78. The van der Waals surface area contributed by atoms with Crippen molar-refractivity contribution in [3.05, 3.63) is 29.8 Å². The standard InChI is InChI=1S/C34H48F2N4O5/c1-3-25(21-9-10-21)31(41)38-30(22-11-14-34(35,36)15-12-22)33(43)40-18-23-17-24(44-4-2)19-39(23)20-28(40)32(42)37-27-13-16-45-29-8-6-5-7-26(27)29/h5-8,21-25,27-28,30H,3-4,9-20H2,1-2H3,(H,37,42)(H,38,41)/t23-,24-,25+,27-,28+,30+/m1/s1. The number of para-hydroxylation sites is 1. The Morgan fingerprint density at radius 1 is 1.02 bits per heavy atom. The van der Waals surface area contributed by atoms with Crippen molar-refractivity contribution in [1.29, 1.82) is 0 Å². The number of fused-ring (bicyclic) bond motifs is 2. The van der Waals surface area contributed by atoms with Crippen LogP contribution in [0.1, 0.15) is 83.2 Å². The fourth-order valence-electron chi connectivity index (χ4n) is 8.06. The van der Waals surface area contributed by atoms with E-state index in [9.17, 15) is 23.2 Å². The number of ether oxygens (including phenoxy) is 2. The maximum atomic E-state index is 14.7. The van der Waals surface area contributed by atoms with E-state index >= 15 is 0 Å². The van der Waals surface area contributed by atoms with Gasteiger partial charge in [-0.1, -0.05) is 25.1 Å². The first-order chi connectivity index (χ1) is 21.7. The van der Waals surface area contributed by atoms with E-state index in [0.29, 0.717) is 51.6 Å². The maximum Gasteiger partial charge on any atom is 0.248 e. The molecule has 11 heteroatoms. The number of carbonyl (C=O) groups excluding carboxylic acids is 3. The molecule has 2 aliphatic carbocycles. The highest BCUT2D eigenvalue weighted by molar-refractivity contribution is 5.93. The number of piperazine rings is 1. The molecule has 0 aromatic heterocycles. The van der Waals surface area contributed by atoms with Gasteiger partial charge in [0.05, 0.1) is 18.8 Å². The van der Waals surface area contributed by atoms with Gasteiger partial charge in [0.25, 0.3) is 0 Å². The lowest BCUT2D eigenvalue weighted by Gasteiger charge is -2.45. The number of nitrogens with one attached hydrogen (secondary N) is 2. The van der Waals surface area contributed by atoms with Crippen LogP contribution < -0.4 is 15.4 Å². The van der Waals surface area contributed by atoms with Crippen LogP contribution in [0.3, 0.4) is 0 Å². The molecule has 0 spiro atoms. The second-order valence-corrected chi connectivity index (χ2v) is 13.7. The Hall–Kier alpha value is -2.79. The molecule has 5 aliphatic rings. The Morgan fingerprint density at radius 2 is 1.78 bits per heavy atom. The molecule has 248 valence electrons. The quantitative estimate of drug-likeness (QED) is 0.405. The van der Waals surface area contributed by atoms with Gasteiger partial charge in [-0.2, -0.15) is 0 Å². The lowest BCUT2D eigenvalue weighted by atomic mass is 9.81. The van der Waals surface area contributed by atoms with Crippen molar-refractivity contribution in [3.63, 3.8) is 0 Å². The van der Waals surface area contributed by atoms with Gasteiger partial charge in [-0.25, -0.2) is 8.78 Å². The number of alkyl halides is 2. The van der Waals surface area contributed by atoms with Crippen LogP contribution in [-0.2, 0) is 19.1 Å². The fourth-order valence-corrected chi connectivity index (χ4v) is 8.06. The Balaban J connectivity index is 1.26. The minimum Gasteiger partial charge on any atom is -0.493 e. The summed E-state index contributed by atoms with van der Waals surface area (Å²) in [6.07, 6.45) is 3.68. The summed E-state index contributed by atoms with van der Waals surface area (Å²) < 4.78 is 40.2. The topological polar surface area (TPSA) is 100 Å². The number of amides is 3. The molecule has 3 aliphatic heterocycles. The molecule has 6 rings (SSSR count). The second kappa shape index (κ2) is 13.5. The molecular formula is C34H48F2N4O5. The van der Waals surface area contributed by atoms with Crippen molar-refractivity contribution < 1.29 is 32.6 Å². The number of nitrogens with zero attached hydrogens (tertiary/aromatic N) is 2. The van der Waals surface area contributed by atoms with Crippen LogP contribution in [0.25, 0.3) is 0 Å². The van der Waals surface area contributed by atoms with Crippen molar-refractivity contribution in [1.82, 2.24) is 20.4 Å². The van der Waals surface area contributed by atoms with Gasteiger partial charge in [-0.05, 0) is 63.4 Å². The van der Waals surface area contributed by atoms with Crippen LogP contribution in [0.2, 0.25) is 0 Å². The number of hydrogen-bond acceptors (Lipinski definition) is 6. The number of benzene rings is 1. The van der Waals surface area contributed by atoms with Crippen LogP contribution in [-0.4, -0.2) is 90.5 Å². The fraction of sp³-hybridized carbons (Fsp3) is 0.735. The number of rotatable bonds is 10. The molecule has 1 aromatic carbocycles. The molecule has 2 saturated carbocycles. The van der Waals surface area contributed by atoms with Gasteiger partial charge in [-0.15, -0.1) is 0 Å². The average molecular weight is 631 g/mol. The molecule has 3 heterocycles. The molecule has 2 saturated heterocycles. The minimum atomic E-state index is -2.76. The van der Waals surface area contributed by atoms with Crippen LogP contribution in [0.4, 0.5) is 8.78 Å². The SMILES string of the molecule is CCO[C@@H]1C[C@@H]2CN(C(=O)[C@@H](NC(=O)[C@@H](CC)C3CC3)C3CCC(F)(F)CC3)[C@H](C(=O)N[C@@H]3CCOc4ccccc43)CN2C1. The summed E-state index contributed by atoms with van der Waals surface area (Å²) in [4.78, 5) is 46.3. The Labute approximate surface area is 264 Å². The van der Waals surface area contributed by atoms with E-state index in [2.05, 4.69) is 15.5 Å². The van der Waals surface area contributed by atoms with Gasteiger partial charge in [0.15, 0.2) is 0 Å². The summed E-state index contributed by atoms with van der Waals surface area (Å²) in [5, 5.41) is 6.27. The van der Waals surface area contributed by atoms with Crippen LogP contribution >= 0.6 is 0 Å². The molecular weight excluding hydrogens is 582 g/mol. The van der Waals surface area contributed by atoms with Crippen molar-refractivity contribution in [2.75, 3.05) is 32.8 Å². The number of halogens is 2. The van der Waals surface area contributed by atoms with E-state index in [1.54, 1.807) is 4.90 Å². The number of carbonyl (C=O) groups is 3. The van der Waals surface area contributed by atoms with Gasteiger partial charge in [0.2, 0.25) is 23.6 Å². The molecule has 0 unspecified atom stereocenters. The predicted molar refractivity (Wildman–Crippen MR) is 164 cm³/mol. The second-order valence-electron chi connectivity index (χ2n) is 13.7. The normalized spacial score (nSPS) is 29.6. The maximum absolute atomic E-state index is 14.7. The van der Waals surface area contributed by atoms with Gasteiger partial charge < -0.3 is 25.0 Å². The monoisotopic (exact) mass is 630 g/mol. The summed E-state index contributed by atoms with van der Waals surface area (Å²) >= 11 is 0.